The lowest BCUT2D eigenvalue weighted by molar-refractivity contribution is -0.167. The summed E-state index contributed by atoms with van der Waals surface area (Å²) >= 11 is 0. The Balaban J connectivity index is 4.09. The molecule has 0 aromatic heterocycles. The highest BCUT2D eigenvalue weighted by molar-refractivity contribution is 5.71. The Hall–Kier alpha value is -2.63. The first kappa shape index (κ1) is 77.4. The first-order chi connectivity index (χ1) is 39.5. The van der Waals surface area contributed by atoms with E-state index in [1.807, 2.05) is 0 Å². The number of ether oxygens (including phenoxy) is 3. The van der Waals surface area contributed by atoms with Crippen molar-refractivity contribution in [3.05, 3.63) is 48.6 Å². The average Bonchev–Trinajstić information content (AvgIpc) is 3.46. The maximum Gasteiger partial charge on any atom is 0.306 e. The Morgan fingerprint density at radius 1 is 0.250 bits per heavy atom. The van der Waals surface area contributed by atoms with Crippen LogP contribution in [0.15, 0.2) is 48.6 Å². The molecule has 0 spiro atoms. The van der Waals surface area contributed by atoms with Crippen LogP contribution in [-0.2, 0) is 28.6 Å². The number of allylic oxidation sites excluding steroid dienone is 8. The van der Waals surface area contributed by atoms with Crippen LogP contribution in [-0.4, -0.2) is 37.2 Å². The molecule has 6 nitrogen and oxygen atoms in total. The highest BCUT2D eigenvalue weighted by Gasteiger charge is 2.19. The molecule has 0 amide bonds. The lowest BCUT2D eigenvalue weighted by Crippen LogP contribution is -2.30. The maximum atomic E-state index is 12.9. The topological polar surface area (TPSA) is 78.9 Å². The van der Waals surface area contributed by atoms with Crippen LogP contribution in [0.1, 0.15) is 387 Å². The van der Waals surface area contributed by atoms with Gasteiger partial charge in [-0.15, -0.1) is 0 Å². The second-order valence-corrected chi connectivity index (χ2v) is 24.1. The zero-order valence-corrected chi connectivity index (χ0v) is 53.9. The summed E-state index contributed by atoms with van der Waals surface area (Å²) < 4.78 is 16.9. The van der Waals surface area contributed by atoms with Crippen molar-refractivity contribution < 1.29 is 28.6 Å². The minimum atomic E-state index is -0.777. The second kappa shape index (κ2) is 68.9. The largest absolute Gasteiger partial charge is 0.462 e. The number of unbranched alkanes of at least 4 members (excludes halogenated alkanes) is 47. The van der Waals surface area contributed by atoms with E-state index in [-0.39, 0.29) is 31.1 Å². The Kier molecular flexibility index (Phi) is 66.6. The summed E-state index contributed by atoms with van der Waals surface area (Å²) in [5.74, 6) is -0.865. The summed E-state index contributed by atoms with van der Waals surface area (Å²) in [5.41, 5.74) is 0. The van der Waals surface area contributed by atoms with E-state index in [4.69, 9.17) is 14.2 Å². The van der Waals surface area contributed by atoms with Crippen LogP contribution in [0, 0.1) is 0 Å². The molecule has 0 aliphatic rings. The number of carbonyl (C=O) groups excluding carboxylic acids is 3. The van der Waals surface area contributed by atoms with Crippen LogP contribution in [0.2, 0.25) is 0 Å². The quantitative estimate of drug-likeness (QED) is 0.0261. The minimum Gasteiger partial charge on any atom is -0.462 e. The van der Waals surface area contributed by atoms with Crippen molar-refractivity contribution in [1.29, 1.82) is 0 Å². The van der Waals surface area contributed by atoms with Crippen LogP contribution < -0.4 is 0 Å². The highest BCUT2D eigenvalue weighted by atomic mass is 16.6. The van der Waals surface area contributed by atoms with Gasteiger partial charge in [0.25, 0.3) is 0 Å². The molecule has 80 heavy (non-hydrogen) atoms. The van der Waals surface area contributed by atoms with Gasteiger partial charge in [0.1, 0.15) is 13.2 Å². The van der Waals surface area contributed by atoms with E-state index in [0.717, 1.165) is 70.6 Å². The van der Waals surface area contributed by atoms with Gasteiger partial charge < -0.3 is 14.2 Å². The first-order valence-corrected chi connectivity index (χ1v) is 35.6. The molecule has 0 saturated carbocycles. The number of hydrogen-bond donors (Lipinski definition) is 0. The van der Waals surface area contributed by atoms with E-state index in [1.165, 1.54) is 276 Å². The molecule has 0 aromatic rings. The monoisotopic (exact) mass is 1120 g/mol. The molecule has 0 heterocycles. The van der Waals surface area contributed by atoms with Gasteiger partial charge in [0, 0.05) is 19.3 Å². The van der Waals surface area contributed by atoms with E-state index in [2.05, 4.69) is 69.4 Å². The zero-order valence-electron chi connectivity index (χ0n) is 53.9. The van der Waals surface area contributed by atoms with Crippen molar-refractivity contribution in [3.63, 3.8) is 0 Å². The summed E-state index contributed by atoms with van der Waals surface area (Å²) in [6, 6.07) is 0. The van der Waals surface area contributed by atoms with Crippen LogP contribution in [0.25, 0.3) is 0 Å². The number of carbonyl (C=O) groups is 3. The summed E-state index contributed by atoms with van der Waals surface area (Å²) in [7, 11) is 0. The van der Waals surface area contributed by atoms with Crippen molar-refractivity contribution in [1.82, 2.24) is 0 Å². The molecule has 0 bridgehead atoms. The SMILES string of the molecule is CCCC/C=C\CCCCCCCC(=O)OCC(COC(=O)CCCCCCCCCCCCCCCCCCCCCCC/C=C\C/C=C\CCCCCCC)OC(=O)CCCCCCCCC/C=C\CCCCCCCCC. The highest BCUT2D eigenvalue weighted by Crippen LogP contribution is 2.18. The molecule has 0 radical (unpaired) electrons. The summed E-state index contributed by atoms with van der Waals surface area (Å²) in [4.78, 5) is 38.3. The minimum absolute atomic E-state index is 0.0731. The fourth-order valence-electron chi connectivity index (χ4n) is 10.6. The third-order valence-corrected chi connectivity index (χ3v) is 16.0. The number of rotatable bonds is 66. The van der Waals surface area contributed by atoms with E-state index in [9.17, 15) is 14.4 Å². The molecule has 6 heteroatoms. The normalized spacial score (nSPS) is 12.3. The molecule has 0 fully saturated rings. The molecule has 0 rings (SSSR count). The number of hydrogen-bond acceptors (Lipinski definition) is 6. The lowest BCUT2D eigenvalue weighted by atomic mass is 10.0. The molecule has 1 atom stereocenters. The van der Waals surface area contributed by atoms with Gasteiger partial charge in [-0.3, -0.25) is 14.4 Å². The van der Waals surface area contributed by atoms with Crippen molar-refractivity contribution in [2.75, 3.05) is 13.2 Å². The van der Waals surface area contributed by atoms with Crippen LogP contribution >= 0.6 is 0 Å². The standard InChI is InChI=1S/C74H136O6/c1-4-7-10-13-16-19-22-24-26-28-30-31-32-33-34-35-36-37-38-39-40-41-42-43-44-46-47-49-52-55-58-61-64-67-73(76)79-70-71(69-78-72(75)66-63-60-57-54-51-21-18-15-12-9-6-3)80-74(77)68-65-62-59-56-53-50-48-45-29-27-25-23-20-17-14-11-8-5-2/h15,18,22,24,27-30,71H,4-14,16-17,19-21,23,25-26,31-70H2,1-3H3/b18-15-,24-22-,29-27-,30-28-. The van der Waals surface area contributed by atoms with Gasteiger partial charge in [0.2, 0.25) is 0 Å². The van der Waals surface area contributed by atoms with Crippen molar-refractivity contribution in [2.24, 2.45) is 0 Å². The van der Waals surface area contributed by atoms with Crippen LogP contribution in [0.3, 0.4) is 0 Å². The smallest absolute Gasteiger partial charge is 0.306 e. The third kappa shape index (κ3) is 66.2. The van der Waals surface area contributed by atoms with Gasteiger partial charge in [-0.05, 0) is 96.3 Å². The van der Waals surface area contributed by atoms with Gasteiger partial charge in [0.15, 0.2) is 6.10 Å². The Labute approximate surface area is 498 Å². The van der Waals surface area contributed by atoms with Crippen molar-refractivity contribution >= 4 is 17.9 Å². The summed E-state index contributed by atoms with van der Waals surface area (Å²) in [5, 5.41) is 0. The van der Waals surface area contributed by atoms with Gasteiger partial charge in [0.05, 0.1) is 0 Å². The lowest BCUT2D eigenvalue weighted by Gasteiger charge is -2.18. The summed E-state index contributed by atoms with van der Waals surface area (Å²) in [6.45, 7) is 6.64. The maximum absolute atomic E-state index is 12.9. The van der Waals surface area contributed by atoms with Gasteiger partial charge in [-0.1, -0.05) is 320 Å². The van der Waals surface area contributed by atoms with Gasteiger partial charge in [-0.2, -0.15) is 0 Å². The molecule has 468 valence electrons. The molecule has 1 unspecified atom stereocenters. The van der Waals surface area contributed by atoms with E-state index < -0.39 is 6.10 Å². The summed E-state index contributed by atoms with van der Waals surface area (Å²) in [6.07, 6.45) is 87.3. The predicted molar refractivity (Wildman–Crippen MR) is 349 cm³/mol. The molecule has 0 aliphatic carbocycles. The van der Waals surface area contributed by atoms with Crippen molar-refractivity contribution in [3.8, 4) is 0 Å². The first-order valence-electron chi connectivity index (χ1n) is 35.6. The van der Waals surface area contributed by atoms with Crippen LogP contribution in [0.5, 0.6) is 0 Å². The van der Waals surface area contributed by atoms with Crippen molar-refractivity contribution in [2.45, 2.75) is 393 Å². The second-order valence-electron chi connectivity index (χ2n) is 24.1. The van der Waals surface area contributed by atoms with E-state index in [1.54, 1.807) is 0 Å². The zero-order chi connectivity index (χ0) is 57.8. The molecule has 0 aliphatic heterocycles. The number of esters is 3. The molecular formula is C74H136O6. The van der Waals surface area contributed by atoms with E-state index in [0.29, 0.717) is 19.3 Å². The van der Waals surface area contributed by atoms with Gasteiger partial charge >= 0.3 is 17.9 Å². The molecule has 0 N–H and O–H groups in total. The Bertz CT molecular complexity index is 1380. The predicted octanol–water partition coefficient (Wildman–Crippen LogP) is 24.5. The Morgan fingerprint density at radius 2 is 0.463 bits per heavy atom. The van der Waals surface area contributed by atoms with Crippen LogP contribution in [0.4, 0.5) is 0 Å². The fourth-order valence-corrected chi connectivity index (χ4v) is 10.6. The fraction of sp³-hybridized carbons (Fsp3) is 0.851. The Morgan fingerprint density at radius 3 is 0.738 bits per heavy atom. The molecule has 0 aromatic carbocycles. The van der Waals surface area contributed by atoms with Gasteiger partial charge in [-0.25, -0.2) is 0 Å². The molecule has 0 saturated heterocycles. The van der Waals surface area contributed by atoms with E-state index >= 15 is 0 Å². The average molecular weight is 1120 g/mol. The third-order valence-electron chi connectivity index (χ3n) is 16.0. The molecular weight excluding hydrogens is 985 g/mol.